The molecule has 0 unspecified atom stereocenters. The molecule has 19 heavy (non-hydrogen) atoms. The van der Waals surface area contributed by atoms with Crippen molar-refractivity contribution in [3.8, 4) is 17.2 Å². The van der Waals surface area contributed by atoms with Crippen LogP contribution in [0.4, 0.5) is 0 Å². The average molecular weight is 323 g/mol. The summed E-state index contributed by atoms with van der Waals surface area (Å²) in [5, 5.41) is 32.0. The van der Waals surface area contributed by atoms with E-state index >= 15 is 0 Å². The molecule has 0 bridgehead atoms. The van der Waals surface area contributed by atoms with Crippen LogP contribution in [0.25, 0.3) is 16.8 Å². The number of halogens is 1. The van der Waals surface area contributed by atoms with Gasteiger partial charge in [-0.25, -0.2) is 0 Å². The summed E-state index contributed by atoms with van der Waals surface area (Å²) in [7, 11) is 0. The summed E-state index contributed by atoms with van der Waals surface area (Å²) in [6, 6.07) is 6.88. The Morgan fingerprint density at radius 1 is 0.947 bits per heavy atom. The molecule has 0 saturated heterocycles. The van der Waals surface area contributed by atoms with E-state index < -0.39 is 0 Å². The van der Waals surface area contributed by atoms with Gasteiger partial charge < -0.3 is 15.3 Å². The van der Waals surface area contributed by atoms with E-state index in [1.807, 2.05) is 6.08 Å². The highest BCUT2D eigenvalue weighted by atomic mass is 79.9. The van der Waals surface area contributed by atoms with Crippen molar-refractivity contribution in [2.75, 3.05) is 5.33 Å². The number of phenols is 3. The van der Waals surface area contributed by atoms with Gasteiger partial charge in [0.1, 0.15) is 5.75 Å². The summed E-state index contributed by atoms with van der Waals surface area (Å²) in [6.45, 7) is 0. The van der Waals surface area contributed by atoms with Gasteiger partial charge in [0, 0.05) is 16.1 Å². The van der Waals surface area contributed by atoms with Crippen LogP contribution in [0.3, 0.4) is 0 Å². The molecule has 0 aliphatic heterocycles. The van der Waals surface area contributed by atoms with Crippen molar-refractivity contribution in [2.24, 2.45) is 0 Å². The molecule has 0 saturated carbocycles. The van der Waals surface area contributed by atoms with Gasteiger partial charge in [0.05, 0.1) is 5.56 Å². The zero-order valence-corrected chi connectivity index (χ0v) is 11.9. The molecule has 100 valence electrons. The van der Waals surface area contributed by atoms with E-state index in [0.717, 1.165) is 18.2 Å². The molecule has 0 spiro atoms. The highest BCUT2D eigenvalue weighted by Gasteiger charge is 2.15. The third kappa shape index (κ3) is 2.68. The van der Waals surface area contributed by atoms with Crippen LogP contribution in [0.2, 0.25) is 0 Å². The van der Waals surface area contributed by atoms with Gasteiger partial charge in [0.25, 0.3) is 0 Å². The van der Waals surface area contributed by atoms with Gasteiger partial charge in [-0.05, 0) is 12.8 Å². The summed E-state index contributed by atoms with van der Waals surface area (Å²) in [6.07, 6.45) is 5.30. The number of aromatic hydroxyl groups is 3. The first kappa shape index (κ1) is 13.7. The van der Waals surface area contributed by atoms with E-state index in [1.54, 1.807) is 30.3 Å². The van der Waals surface area contributed by atoms with Gasteiger partial charge >= 0.3 is 0 Å². The number of fused-ring (bicyclic) bond motifs is 1. The normalized spacial score (nSPS) is 11.4. The maximum absolute atomic E-state index is 10.2. The number of rotatable bonds is 4. The summed E-state index contributed by atoms with van der Waals surface area (Å²) in [5.74, 6) is -0.499. The Labute approximate surface area is 119 Å². The zero-order chi connectivity index (χ0) is 13.8. The van der Waals surface area contributed by atoms with Crippen LogP contribution in [0.5, 0.6) is 17.2 Å². The van der Waals surface area contributed by atoms with Crippen LogP contribution in [-0.2, 0) is 0 Å². The molecule has 0 amide bonds. The lowest BCUT2D eigenvalue weighted by Crippen LogP contribution is -1.83. The fourth-order valence-corrected chi connectivity index (χ4v) is 2.29. The number of benzene rings is 2. The Morgan fingerprint density at radius 3 is 2.21 bits per heavy atom. The molecule has 2 aromatic rings. The lowest BCUT2D eigenvalue weighted by atomic mass is 10.0. The van der Waals surface area contributed by atoms with Gasteiger partial charge in [0.15, 0.2) is 11.5 Å². The van der Waals surface area contributed by atoms with E-state index in [4.69, 9.17) is 0 Å². The highest BCUT2D eigenvalue weighted by molar-refractivity contribution is 9.09. The number of phenolic OH excluding ortho intramolecular Hbond substituents is 3. The summed E-state index contributed by atoms with van der Waals surface area (Å²) < 4.78 is 0. The summed E-state index contributed by atoms with van der Waals surface area (Å²) in [5.41, 5.74) is 0.255. The Bertz CT molecular complexity index is 620. The number of hydrogen-bond donors (Lipinski definition) is 3. The molecular formula is C15H15BrO3. The van der Waals surface area contributed by atoms with Crippen molar-refractivity contribution in [2.45, 2.75) is 12.8 Å². The van der Waals surface area contributed by atoms with E-state index in [9.17, 15) is 15.3 Å². The van der Waals surface area contributed by atoms with Crippen LogP contribution < -0.4 is 0 Å². The van der Waals surface area contributed by atoms with Crippen molar-refractivity contribution >= 4 is 32.8 Å². The molecule has 3 N–H and O–H groups in total. The molecule has 0 atom stereocenters. The lowest BCUT2D eigenvalue weighted by Gasteiger charge is -2.10. The average Bonchev–Trinajstić information content (AvgIpc) is 2.44. The number of allylic oxidation sites excluding steroid dienone is 1. The second-order valence-electron chi connectivity index (χ2n) is 4.24. The molecule has 0 heterocycles. The minimum absolute atomic E-state index is 0.0130. The number of unbranched alkanes of at least 4 members (excludes halogenated alkanes) is 1. The molecular weight excluding hydrogens is 308 g/mol. The first-order valence-corrected chi connectivity index (χ1v) is 7.17. The summed E-state index contributed by atoms with van der Waals surface area (Å²) >= 11 is 3.34. The SMILES string of the molecule is Oc1c(C=CCCCBr)c(O)c2ccccc2c1O. The smallest absolute Gasteiger partial charge is 0.169 e. The summed E-state index contributed by atoms with van der Waals surface area (Å²) in [4.78, 5) is 0. The molecule has 4 heteroatoms. The van der Waals surface area contributed by atoms with Crippen LogP contribution in [-0.4, -0.2) is 20.6 Å². The van der Waals surface area contributed by atoms with Gasteiger partial charge in [-0.3, -0.25) is 0 Å². The second kappa shape index (κ2) is 5.97. The van der Waals surface area contributed by atoms with Crippen LogP contribution in [0.1, 0.15) is 18.4 Å². The molecule has 2 aromatic carbocycles. The molecule has 0 aromatic heterocycles. The minimum atomic E-state index is -0.286. The number of alkyl halides is 1. The van der Waals surface area contributed by atoms with E-state index in [-0.39, 0.29) is 22.8 Å². The van der Waals surface area contributed by atoms with Gasteiger partial charge in [-0.2, -0.15) is 0 Å². The van der Waals surface area contributed by atoms with Crippen LogP contribution >= 0.6 is 15.9 Å². The first-order valence-electron chi connectivity index (χ1n) is 6.05. The Kier molecular flexibility index (Phi) is 4.32. The second-order valence-corrected chi connectivity index (χ2v) is 5.03. The van der Waals surface area contributed by atoms with Crippen LogP contribution in [0.15, 0.2) is 30.3 Å². The monoisotopic (exact) mass is 322 g/mol. The predicted octanol–water partition coefficient (Wildman–Crippen LogP) is 4.14. The topological polar surface area (TPSA) is 60.7 Å². The van der Waals surface area contributed by atoms with Crippen molar-refractivity contribution in [3.63, 3.8) is 0 Å². The standard InChI is InChI=1S/C15H15BrO3/c16-9-5-1-2-8-12-13(17)10-6-3-4-7-11(10)14(18)15(12)19/h2-4,6-8,17-19H,1,5,9H2. The third-order valence-corrected chi connectivity index (χ3v) is 3.52. The highest BCUT2D eigenvalue weighted by Crippen LogP contribution is 2.44. The largest absolute Gasteiger partial charge is 0.507 e. The molecule has 0 radical (unpaired) electrons. The maximum atomic E-state index is 10.2. The van der Waals surface area contributed by atoms with Crippen LogP contribution in [0, 0.1) is 0 Å². The minimum Gasteiger partial charge on any atom is -0.507 e. The molecule has 3 nitrogen and oxygen atoms in total. The maximum Gasteiger partial charge on any atom is 0.169 e. The van der Waals surface area contributed by atoms with E-state index in [2.05, 4.69) is 15.9 Å². The number of hydrogen-bond acceptors (Lipinski definition) is 3. The molecule has 0 fully saturated rings. The first-order chi connectivity index (χ1) is 9.16. The Balaban J connectivity index is 2.52. The van der Waals surface area contributed by atoms with Gasteiger partial charge in [-0.15, -0.1) is 0 Å². The quantitative estimate of drug-likeness (QED) is 0.343. The third-order valence-electron chi connectivity index (χ3n) is 2.96. The molecule has 2 rings (SSSR count). The van der Waals surface area contributed by atoms with Gasteiger partial charge in [0.2, 0.25) is 0 Å². The Hall–Kier alpha value is -1.68. The van der Waals surface area contributed by atoms with Crippen molar-refractivity contribution in [3.05, 3.63) is 35.9 Å². The van der Waals surface area contributed by atoms with Crippen molar-refractivity contribution < 1.29 is 15.3 Å². The van der Waals surface area contributed by atoms with E-state index in [0.29, 0.717) is 10.8 Å². The van der Waals surface area contributed by atoms with E-state index in [1.165, 1.54) is 0 Å². The van der Waals surface area contributed by atoms with Crippen molar-refractivity contribution in [1.29, 1.82) is 0 Å². The fraction of sp³-hybridized carbons (Fsp3) is 0.200. The van der Waals surface area contributed by atoms with Crippen molar-refractivity contribution in [1.82, 2.24) is 0 Å². The Morgan fingerprint density at radius 2 is 1.58 bits per heavy atom. The molecule has 0 aliphatic rings. The lowest BCUT2D eigenvalue weighted by molar-refractivity contribution is 0.401. The zero-order valence-electron chi connectivity index (χ0n) is 10.3. The molecule has 0 aliphatic carbocycles. The predicted molar refractivity (Wildman–Crippen MR) is 81.0 cm³/mol. The fourth-order valence-electron chi connectivity index (χ4n) is 1.96. The van der Waals surface area contributed by atoms with Gasteiger partial charge in [-0.1, -0.05) is 52.3 Å².